The van der Waals surface area contributed by atoms with Crippen LogP contribution < -0.4 is 10.1 Å². The highest BCUT2D eigenvalue weighted by molar-refractivity contribution is 7.99. The predicted octanol–water partition coefficient (Wildman–Crippen LogP) is 3.03. The van der Waals surface area contributed by atoms with Gasteiger partial charge in [0.25, 0.3) is 0 Å². The maximum Gasteiger partial charge on any atom is 0.230 e. The van der Waals surface area contributed by atoms with E-state index in [-0.39, 0.29) is 5.91 Å². The lowest BCUT2D eigenvalue weighted by Crippen LogP contribution is -2.29. The van der Waals surface area contributed by atoms with Gasteiger partial charge in [-0.2, -0.15) is 0 Å². The molecule has 1 aromatic carbocycles. The summed E-state index contributed by atoms with van der Waals surface area (Å²) in [5.74, 6) is 2.80. The van der Waals surface area contributed by atoms with Crippen LogP contribution in [-0.4, -0.2) is 30.0 Å². The van der Waals surface area contributed by atoms with E-state index in [9.17, 15) is 4.79 Å². The average Bonchev–Trinajstić information content (AvgIpc) is 2.83. The highest BCUT2D eigenvalue weighted by atomic mass is 32.2. The topological polar surface area (TPSA) is 64.4 Å². The summed E-state index contributed by atoms with van der Waals surface area (Å²) in [4.78, 5) is 11.8. The van der Waals surface area contributed by atoms with Crippen molar-refractivity contribution in [1.29, 1.82) is 0 Å². The number of aromatic nitrogens is 1. The standard InChI is InChI=1S/C17H22N2O3S/c1-12-5-4-6-15(9-12)21-8-7-18-17(20)11-23-10-16-13(2)19-22-14(16)3/h4-6,9H,7-8,10-11H2,1-3H3,(H,18,20). The number of hydrogen-bond donors (Lipinski definition) is 1. The number of carbonyl (C=O) groups excluding carboxylic acids is 1. The van der Waals surface area contributed by atoms with Crippen molar-refractivity contribution in [2.45, 2.75) is 26.5 Å². The molecule has 124 valence electrons. The number of benzene rings is 1. The van der Waals surface area contributed by atoms with Crippen molar-refractivity contribution in [2.24, 2.45) is 0 Å². The molecule has 0 atom stereocenters. The maximum atomic E-state index is 11.8. The molecule has 5 nitrogen and oxygen atoms in total. The molecule has 0 spiro atoms. The Balaban J connectivity index is 1.60. The van der Waals surface area contributed by atoms with Gasteiger partial charge in [-0.15, -0.1) is 11.8 Å². The zero-order valence-corrected chi connectivity index (χ0v) is 14.5. The van der Waals surface area contributed by atoms with Crippen LogP contribution in [0.3, 0.4) is 0 Å². The van der Waals surface area contributed by atoms with E-state index in [1.54, 1.807) is 11.8 Å². The van der Waals surface area contributed by atoms with Crippen molar-refractivity contribution in [2.75, 3.05) is 18.9 Å². The normalized spacial score (nSPS) is 10.6. The maximum absolute atomic E-state index is 11.8. The van der Waals surface area contributed by atoms with Crippen molar-refractivity contribution >= 4 is 17.7 Å². The molecule has 1 heterocycles. The van der Waals surface area contributed by atoms with Gasteiger partial charge in [0.1, 0.15) is 18.1 Å². The molecule has 0 fully saturated rings. The molecule has 0 saturated carbocycles. The van der Waals surface area contributed by atoms with Gasteiger partial charge in [-0.25, -0.2) is 0 Å². The highest BCUT2D eigenvalue weighted by Gasteiger charge is 2.09. The first-order valence-electron chi connectivity index (χ1n) is 7.52. The predicted molar refractivity (Wildman–Crippen MR) is 91.8 cm³/mol. The number of nitrogens with zero attached hydrogens (tertiary/aromatic N) is 1. The van der Waals surface area contributed by atoms with Crippen LogP contribution in [0.25, 0.3) is 0 Å². The van der Waals surface area contributed by atoms with E-state index < -0.39 is 0 Å². The zero-order valence-electron chi connectivity index (χ0n) is 13.7. The third-order valence-electron chi connectivity index (χ3n) is 3.34. The first kappa shape index (κ1) is 17.4. The second-order valence-corrected chi connectivity index (χ2v) is 6.30. The van der Waals surface area contributed by atoms with E-state index in [1.165, 1.54) is 0 Å². The molecule has 2 aromatic rings. The quantitative estimate of drug-likeness (QED) is 0.752. The summed E-state index contributed by atoms with van der Waals surface area (Å²) in [5, 5.41) is 6.76. The van der Waals surface area contributed by atoms with Gasteiger partial charge in [0, 0.05) is 11.3 Å². The molecule has 23 heavy (non-hydrogen) atoms. The molecule has 1 N–H and O–H groups in total. The Kier molecular flexibility index (Phi) is 6.52. The van der Waals surface area contributed by atoms with Crippen LogP contribution in [0, 0.1) is 20.8 Å². The Morgan fingerprint density at radius 2 is 2.17 bits per heavy atom. The van der Waals surface area contributed by atoms with Gasteiger partial charge in [-0.05, 0) is 38.5 Å². The largest absolute Gasteiger partial charge is 0.492 e. The van der Waals surface area contributed by atoms with E-state index in [0.29, 0.717) is 18.9 Å². The summed E-state index contributed by atoms with van der Waals surface area (Å²) in [7, 11) is 0. The SMILES string of the molecule is Cc1cccc(OCCNC(=O)CSCc2c(C)noc2C)c1. The lowest BCUT2D eigenvalue weighted by Gasteiger charge is -2.08. The van der Waals surface area contributed by atoms with E-state index in [0.717, 1.165) is 34.1 Å². The van der Waals surface area contributed by atoms with Gasteiger partial charge in [-0.1, -0.05) is 17.3 Å². The molecule has 1 amide bonds. The summed E-state index contributed by atoms with van der Waals surface area (Å²) in [6, 6.07) is 7.86. The first-order chi connectivity index (χ1) is 11.1. The monoisotopic (exact) mass is 334 g/mol. The fraction of sp³-hybridized carbons (Fsp3) is 0.412. The van der Waals surface area contributed by atoms with E-state index in [1.807, 2.05) is 45.0 Å². The summed E-state index contributed by atoms with van der Waals surface area (Å²) in [6.07, 6.45) is 0. The summed E-state index contributed by atoms with van der Waals surface area (Å²) in [6.45, 7) is 6.78. The van der Waals surface area contributed by atoms with E-state index in [4.69, 9.17) is 9.26 Å². The minimum atomic E-state index is 0.00889. The van der Waals surface area contributed by atoms with Crippen LogP contribution in [-0.2, 0) is 10.5 Å². The van der Waals surface area contributed by atoms with Crippen LogP contribution in [0.15, 0.2) is 28.8 Å². The molecule has 0 bridgehead atoms. The Hall–Kier alpha value is -1.95. The van der Waals surface area contributed by atoms with Crippen LogP contribution in [0.4, 0.5) is 0 Å². The highest BCUT2D eigenvalue weighted by Crippen LogP contribution is 2.19. The average molecular weight is 334 g/mol. The number of ether oxygens (including phenoxy) is 1. The van der Waals surface area contributed by atoms with E-state index >= 15 is 0 Å². The Morgan fingerprint density at radius 3 is 2.87 bits per heavy atom. The number of rotatable bonds is 8. The Labute approximate surface area is 140 Å². The molecule has 1 aromatic heterocycles. The van der Waals surface area contributed by atoms with Gasteiger partial charge in [-0.3, -0.25) is 4.79 Å². The molecular weight excluding hydrogens is 312 g/mol. The number of hydrogen-bond acceptors (Lipinski definition) is 5. The number of aryl methyl sites for hydroxylation is 3. The zero-order chi connectivity index (χ0) is 16.7. The van der Waals surface area contributed by atoms with Gasteiger partial charge in [0.15, 0.2) is 0 Å². The molecular formula is C17H22N2O3S. The second kappa shape index (κ2) is 8.62. The third-order valence-corrected chi connectivity index (χ3v) is 4.30. The fourth-order valence-corrected chi connectivity index (χ4v) is 3.08. The Bertz CT molecular complexity index is 636. The molecule has 6 heteroatoms. The molecule has 0 unspecified atom stereocenters. The molecule has 0 radical (unpaired) electrons. The fourth-order valence-electron chi connectivity index (χ4n) is 2.07. The summed E-state index contributed by atoms with van der Waals surface area (Å²) < 4.78 is 10.7. The minimum Gasteiger partial charge on any atom is -0.492 e. The third kappa shape index (κ3) is 5.63. The lowest BCUT2D eigenvalue weighted by atomic mass is 10.2. The van der Waals surface area contributed by atoms with Gasteiger partial charge in [0.05, 0.1) is 18.0 Å². The van der Waals surface area contributed by atoms with Gasteiger partial charge >= 0.3 is 0 Å². The van der Waals surface area contributed by atoms with Crippen molar-refractivity contribution in [3.05, 3.63) is 46.8 Å². The molecule has 0 aliphatic carbocycles. The molecule has 0 saturated heterocycles. The number of carbonyl (C=O) groups is 1. The minimum absolute atomic E-state index is 0.00889. The summed E-state index contributed by atoms with van der Waals surface area (Å²) in [5.41, 5.74) is 3.12. The van der Waals surface area contributed by atoms with Crippen LogP contribution >= 0.6 is 11.8 Å². The van der Waals surface area contributed by atoms with Crippen molar-refractivity contribution < 1.29 is 14.1 Å². The Morgan fingerprint density at radius 1 is 1.35 bits per heavy atom. The van der Waals surface area contributed by atoms with Gasteiger partial charge in [0.2, 0.25) is 5.91 Å². The number of nitrogens with one attached hydrogen (secondary N) is 1. The van der Waals surface area contributed by atoms with Crippen LogP contribution in [0.1, 0.15) is 22.6 Å². The smallest absolute Gasteiger partial charge is 0.230 e. The van der Waals surface area contributed by atoms with Crippen molar-refractivity contribution in [3.8, 4) is 5.75 Å². The summed E-state index contributed by atoms with van der Waals surface area (Å²) >= 11 is 1.55. The second-order valence-electron chi connectivity index (χ2n) is 5.31. The number of amides is 1. The van der Waals surface area contributed by atoms with Crippen molar-refractivity contribution in [1.82, 2.24) is 10.5 Å². The van der Waals surface area contributed by atoms with Crippen LogP contribution in [0.2, 0.25) is 0 Å². The lowest BCUT2D eigenvalue weighted by molar-refractivity contribution is -0.118. The van der Waals surface area contributed by atoms with Gasteiger partial charge < -0.3 is 14.6 Å². The number of thioether (sulfide) groups is 1. The first-order valence-corrected chi connectivity index (χ1v) is 8.67. The molecule has 0 aliphatic rings. The molecule has 0 aliphatic heterocycles. The van der Waals surface area contributed by atoms with Crippen LogP contribution in [0.5, 0.6) is 5.75 Å². The van der Waals surface area contributed by atoms with Crippen molar-refractivity contribution in [3.63, 3.8) is 0 Å². The van der Waals surface area contributed by atoms with E-state index in [2.05, 4.69) is 10.5 Å². The molecule has 2 rings (SSSR count).